The minimum absolute atomic E-state index is 0. The number of ether oxygens (including phenoxy) is 1. The van der Waals surface area contributed by atoms with Crippen LogP contribution < -0.4 is 10.6 Å². The largest absolute Gasteiger partial charge is 0.380 e. The highest BCUT2D eigenvalue weighted by Crippen LogP contribution is 2.06. The van der Waals surface area contributed by atoms with Gasteiger partial charge in [0.15, 0.2) is 5.96 Å². The van der Waals surface area contributed by atoms with Crippen LogP contribution in [-0.2, 0) is 4.74 Å². The quantitative estimate of drug-likeness (QED) is 0.256. The van der Waals surface area contributed by atoms with Gasteiger partial charge in [-0.3, -0.25) is 4.99 Å². The molecule has 1 atom stereocenters. The van der Waals surface area contributed by atoms with Gasteiger partial charge in [0.25, 0.3) is 0 Å². The van der Waals surface area contributed by atoms with Crippen molar-refractivity contribution in [3.63, 3.8) is 0 Å². The van der Waals surface area contributed by atoms with Crippen LogP contribution in [0.5, 0.6) is 0 Å². The van der Waals surface area contributed by atoms with Crippen molar-refractivity contribution < 1.29 is 4.74 Å². The molecule has 0 aliphatic carbocycles. The van der Waals surface area contributed by atoms with E-state index in [-0.39, 0.29) is 24.0 Å². The van der Waals surface area contributed by atoms with Crippen molar-refractivity contribution in [2.75, 3.05) is 26.8 Å². The third kappa shape index (κ3) is 14.4. The number of nitrogens with one attached hydrogen (secondary N) is 2. The molecule has 0 aliphatic heterocycles. The minimum atomic E-state index is 0. The van der Waals surface area contributed by atoms with Crippen molar-refractivity contribution in [2.24, 2.45) is 10.9 Å². The smallest absolute Gasteiger partial charge is 0.191 e. The lowest BCUT2D eigenvalue weighted by Crippen LogP contribution is -2.43. The Morgan fingerprint density at radius 3 is 2.40 bits per heavy atom. The van der Waals surface area contributed by atoms with E-state index in [0.717, 1.165) is 38.1 Å². The Hall–Kier alpha value is -0.0400. The van der Waals surface area contributed by atoms with E-state index in [1.165, 1.54) is 19.3 Å². The molecule has 1 unspecified atom stereocenters. The number of rotatable bonds is 10. The van der Waals surface area contributed by atoms with Crippen LogP contribution in [0, 0.1) is 5.92 Å². The molecule has 5 heteroatoms. The van der Waals surface area contributed by atoms with Crippen LogP contribution in [0.1, 0.15) is 53.4 Å². The summed E-state index contributed by atoms with van der Waals surface area (Å²) in [5, 5.41) is 6.69. The third-order valence-electron chi connectivity index (χ3n) is 2.96. The molecule has 122 valence electrons. The summed E-state index contributed by atoms with van der Waals surface area (Å²) in [7, 11) is 1.81. The maximum absolute atomic E-state index is 5.51. The Bertz CT molecular complexity index is 235. The van der Waals surface area contributed by atoms with Gasteiger partial charge in [0, 0.05) is 26.2 Å². The molecule has 0 heterocycles. The summed E-state index contributed by atoms with van der Waals surface area (Å²) in [6, 6.07) is 0.453. The second-order valence-corrected chi connectivity index (χ2v) is 5.48. The summed E-state index contributed by atoms with van der Waals surface area (Å²) >= 11 is 0. The van der Waals surface area contributed by atoms with E-state index >= 15 is 0 Å². The summed E-state index contributed by atoms with van der Waals surface area (Å²) in [5.41, 5.74) is 0. The molecule has 20 heavy (non-hydrogen) atoms. The lowest BCUT2D eigenvalue weighted by molar-refractivity contribution is 0.136. The number of hydrogen-bond acceptors (Lipinski definition) is 2. The van der Waals surface area contributed by atoms with Crippen LogP contribution in [0.15, 0.2) is 4.99 Å². The fourth-order valence-electron chi connectivity index (χ4n) is 1.67. The maximum atomic E-state index is 5.51. The average Bonchev–Trinajstić information content (AvgIpc) is 2.39. The molecule has 0 amide bonds. The third-order valence-corrected chi connectivity index (χ3v) is 2.96. The van der Waals surface area contributed by atoms with Gasteiger partial charge in [-0.2, -0.15) is 0 Å². The van der Waals surface area contributed by atoms with Gasteiger partial charge in [0.05, 0.1) is 6.61 Å². The Morgan fingerprint density at radius 2 is 1.85 bits per heavy atom. The zero-order valence-electron chi connectivity index (χ0n) is 13.9. The first-order chi connectivity index (χ1) is 9.10. The first kappa shape index (κ1) is 22.2. The zero-order valence-corrected chi connectivity index (χ0v) is 16.2. The Morgan fingerprint density at radius 1 is 1.15 bits per heavy atom. The molecule has 0 aliphatic rings. The number of unbranched alkanes of at least 4 members (excludes halogenated alkanes) is 1. The van der Waals surface area contributed by atoms with Gasteiger partial charge in [-0.25, -0.2) is 0 Å². The van der Waals surface area contributed by atoms with Crippen molar-refractivity contribution in [1.82, 2.24) is 10.6 Å². The van der Waals surface area contributed by atoms with Crippen LogP contribution in [0.3, 0.4) is 0 Å². The summed E-state index contributed by atoms with van der Waals surface area (Å²) < 4.78 is 5.51. The lowest BCUT2D eigenvalue weighted by atomic mass is 10.0. The molecule has 0 aromatic carbocycles. The van der Waals surface area contributed by atoms with Gasteiger partial charge in [-0.1, -0.05) is 27.2 Å². The molecule has 0 aromatic heterocycles. The second-order valence-electron chi connectivity index (χ2n) is 5.48. The number of hydrogen-bond donors (Lipinski definition) is 2. The van der Waals surface area contributed by atoms with Crippen LogP contribution in [0.25, 0.3) is 0 Å². The fraction of sp³-hybridized carbons (Fsp3) is 0.933. The summed E-state index contributed by atoms with van der Waals surface area (Å²) in [4.78, 5) is 4.23. The first-order valence-corrected chi connectivity index (χ1v) is 7.65. The van der Waals surface area contributed by atoms with Gasteiger partial charge < -0.3 is 15.4 Å². The molecule has 0 saturated heterocycles. The van der Waals surface area contributed by atoms with E-state index in [4.69, 9.17) is 4.74 Å². The second kappa shape index (κ2) is 15.4. The first-order valence-electron chi connectivity index (χ1n) is 7.65. The summed E-state index contributed by atoms with van der Waals surface area (Å²) in [5.74, 6) is 1.63. The van der Waals surface area contributed by atoms with E-state index in [9.17, 15) is 0 Å². The van der Waals surface area contributed by atoms with Gasteiger partial charge in [0.1, 0.15) is 0 Å². The van der Waals surface area contributed by atoms with Crippen LogP contribution >= 0.6 is 24.0 Å². The number of guanidine groups is 1. The molecular formula is C15H34IN3O. The summed E-state index contributed by atoms with van der Waals surface area (Å²) in [6.45, 7) is 11.3. The number of aliphatic imine (C=N–C) groups is 1. The topological polar surface area (TPSA) is 45.6 Å². The van der Waals surface area contributed by atoms with Crippen LogP contribution in [0.4, 0.5) is 0 Å². The van der Waals surface area contributed by atoms with E-state index in [0.29, 0.717) is 6.04 Å². The van der Waals surface area contributed by atoms with Crippen molar-refractivity contribution in [3.05, 3.63) is 0 Å². The molecule has 0 fully saturated rings. The van der Waals surface area contributed by atoms with Crippen LogP contribution in [0.2, 0.25) is 0 Å². The van der Waals surface area contributed by atoms with Crippen LogP contribution in [-0.4, -0.2) is 38.8 Å². The molecule has 0 rings (SSSR count). The normalized spacial score (nSPS) is 13.0. The Kier molecular flexibility index (Phi) is 17.1. The molecule has 0 radical (unpaired) electrons. The maximum Gasteiger partial charge on any atom is 0.191 e. The van der Waals surface area contributed by atoms with Gasteiger partial charge in [-0.15, -0.1) is 24.0 Å². The van der Waals surface area contributed by atoms with E-state index in [1.807, 2.05) is 7.05 Å². The highest BCUT2D eigenvalue weighted by molar-refractivity contribution is 14.0. The van der Waals surface area contributed by atoms with Gasteiger partial charge >= 0.3 is 0 Å². The molecule has 0 saturated carbocycles. The van der Waals surface area contributed by atoms with Crippen molar-refractivity contribution >= 4 is 29.9 Å². The highest BCUT2D eigenvalue weighted by atomic mass is 127. The van der Waals surface area contributed by atoms with Crippen molar-refractivity contribution in [2.45, 2.75) is 59.4 Å². The molecule has 0 bridgehead atoms. The molecule has 0 spiro atoms. The minimum Gasteiger partial charge on any atom is -0.380 e. The van der Waals surface area contributed by atoms with E-state index < -0.39 is 0 Å². The van der Waals surface area contributed by atoms with Crippen molar-refractivity contribution in [1.29, 1.82) is 0 Å². The zero-order chi connectivity index (χ0) is 14.5. The van der Waals surface area contributed by atoms with E-state index in [1.54, 1.807) is 0 Å². The predicted molar refractivity (Wildman–Crippen MR) is 99.2 cm³/mol. The fourth-order valence-corrected chi connectivity index (χ4v) is 1.67. The molecule has 2 N–H and O–H groups in total. The number of nitrogens with zero attached hydrogens (tertiary/aromatic N) is 1. The van der Waals surface area contributed by atoms with Gasteiger partial charge in [-0.05, 0) is 32.1 Å². The predicted octanol–water partition coefficient (Wildman–Crippen LogP) is 3.41. The highest BCUT2D eigenvalue weighted by Gasteiger charge is 2.05. The summed E-state index contributed by atoms with van der Waals surface area (Å²) in [6.07, 6.45) is 4.74. The van der Waals surface area contributed by atoms with Crippen molar-refractivity contribution in [3.8, 4) is 0 Å². The molecule has 4 nitrogen and oxygen atoms in total. The van der Waals surface area contributed by atoms with Gasteiger partial charge in [0.2, 0.25) is 0 Å². The molecular weight excluding hydrogens is 365 g/mol. The standard InChI is InChI=1S/C15H33N3O.HI/c1-6-7-11-19-12-10-17-15(16-5)18-14(4)9-8-13(2)3;/h13-14H,6-12H2,1-5H3,(H2,16,17,18);1H. The monoisotopic (exact) mass is 399 g/mol. The van der Waals surface area contributed by atoms with E-state index in [2.05, 4.69) is 43.3 Å². The molecule has 0 aromatic rings. The SMILES string of the molecule is CCCCOCCNC(=NC)NC(C)CCC(C)C.I. The Labute approximate surface area is 142 Å². The Balaban J connectivity index is 0. The average molecular weight is 399 g/mol. The lowest BCUT2D eigenvalue weighted by Gasteiger charge is -2.18. The number of halogens is 1.